The van der Waals surface area contributed by atoms with Gasteiger partial charge in [0.25, 0.3) is 16.1 Å². The number of anilines is 6. The molecular formula is C21H36N7+3. The van der Waals surface area contributed by atoms with Crippen molar-refractivity contribution in [3.63, 3.8) is 0 Å². The van der Waals surface area contributed by atoms with Crippen molar-refractivity contribution in [2.45, 2.75) is 0 Å². The van der Waals surface area contributed by atoms with Crippen LogP contribution >= 0.6 is 0 Å². The normalized spacial score (nSPS) is 11.6. The van der Waals surface area contributed by atoms with Crippen LogP contribution in [-0.4, -0.2) is 84.6 Å². The molecule has 0 heterocycles. The van der Waals surface area contributed by atoms with Crippen molar-refractivity contribution in [3.8, 4) is 0 Å². The van der Waals surface area contributed by atoms with Crippen molar-refractivity contribution in [3.05, 3.63) is 16.1 Å². The molecule has 3 rings (SSSR count). The summed E-state index contributed by atoms with van der Waals surface area (Å²) in [4.78, 5) is 9.14. The maximum atomic E-state index is 2.47. The lowest BCUT2D eigenvalue weighted by molar-refractivity contribution is 0.824. The van der Waals surface area contributed by atoms with E-state index in [2.05, 4.69) is 118 Å². The molecule has 0 bridgehead atoms. The van der Waals surface area contributed by atoms with E-state index in [4.69, 9.17) is 0 Å². The van der Waals surface area contributed by atoms with Gasteiger partial charge < -0.3 is 14.7 Å². The van der Waals surface area contributed by atoms with Gasteiger partial charge in [-0.1, -0.05) is 0 Å². The van der Waals surface area contributed by atoms with Crippen molar-refractivity contribution in [1.29, 1.82) is 0 Å². The van der Waals surface area contributed by atoms with Crippen molar-refractivity contribution in [2.24, 2.45) is 0 Å². The Labute approximate surface area is 168 Å². The Morgan fingerprint density at radius 1 is 0.393 bits per heavy atom. The van der Waals surface area contributed by atoms with Gasteiger partial charge >= 0.3 is 0 Å². The Kier molecular flexibility index (Phi) is 4.68. The van der Waals surface area contributed by atoms with E-state index in [0.717, 1.165) is 0 Å². The first-order chi connectivity index (χ1) is 12.9. The van der Waals surface area contributed by atoms with E-state index in [1.54, 1.807) is 0 Å². The molecule has 7 nitrogen and oxygen atoms in total. The molecule has 0 aliphatic carbocycles. The summed E-state index contributed by atoms with van der Waals surface area (Å²) in [6.07, 6.45) is 0. The smallest absolute Gasteiger partial charge is 0.252 e. The molecule has 0 unspecified atom stereocenters. The first-order valence-corrected chi connectivity index (χ1v) is 9.63. The molecule has 3 aromatic rings. The number of hydrogen-bond donors (Lipinski definition) is 0. The molecule has 0 amide bonds. The second-order valence-corrected chi connectivity index (χ2v) is 8.84. The van der Waals surface area contributed by atoms with E-state index >= 15 is 0 Å². The molecule has 3 aromatic carbocycles. The molecule has 0 saturated heterocycles. The highest BCUT2D eigenvalue weighted by molar-refractivity contribution is 6.06. The predicted octanol–water partition coefficient (Wildman–Crippen LogP) is -0.923. The molecule has 0 aliphatic heterocycles. The third-order valence-electron chi connectivity index (χ3n) is 5.19. The van der Waals surface area contributed by atoms with Gasteiger partial charge in [0, 0.05) is 42.3 Å². The molecule has 0 radical (unpaired) electrons. The third-order valence-corrected chi connectivity index (χ3v) is 5.19. The largest absolute Gasteiger partial charge is 0.370 e. The summed E-state index contributed by atoms with van der Waals surface area (Å²) in [5, 5.41) is 3.91. The summed E-state index contributed by atoms with van der Waals surface area (Å²) in [6, 6.07) is 0. The molecule has 0 fully saturated rings. The van der Waals surface area contributed by atoms with Crippen molar-refractivity contribution in [2.75, 3.05) is 104 Å². The van der Waals surface area contributed by atoms with Gasteiger partial charge in [-0.05, 0) is 0 Å². The van der Waals surface area contributed by atoms with Crippen LogP contribution in [0.4, 0.5) is 34.1 Å². The van der Waals surface area contributed by atoms with Crippen LogP contribution in [0.3, 0.4) is 0 Å². The summed E-state index contributed by atoms with van der Waals surface area (Å²) in [5.74, 6) is 0. The lowest BCUT2D eigenvalue weighted by Gasteiger charge is -2.13. The fourth-order valence-corrected chi connectivity index (χ4v) is 3.99. The van der Waals surface area contributed by atoms with Crippen LogP contribution in [0.15, 0.2) is 0 Å². The van der Waals surface area contributed by atoms with Crippen LogP contribution < -0.4 is 49.4 Å². The topological polar surface area (TPSA) is 22.0 Å². The first kappa shape index (κ1) is 20.2. The lowest BCUT2D eigenvalue weighted by Crippen LogP contribution is -2.21. The van der Waals surface area contributed by atoms with E-state index < -0.39 is 0 Å². The Morgan fingerprint density at radius 3 is 0.714 bits per heavy atom. The molecular weight excluding hydrogens is 350 g/mol. The molecule has 28 heavy (non-hydrogen) atoms. The number of nitrogens with zero attached hydrogens (tertiary/aromatic N) is 7. The molecule has 0 atom stereocenters. The minimum Gasteiger partial charge on any atom is -0.370 e. The molecule has 0 spiro atoms. The lowest BCUT2D eigenvalue weighted by atomic mass is 10.5. The maximum absolute atomic E-state index is 2.47. The van der Waals surface area contributed by atoms with Crippen LogP contribution in [0.1, 0.15) is 0 Å². The minimum absolute atomic E-state index is 1.30. The second-order valence-electron chi connectivity index (χ2n) is 8.84. The Hall–Kier alpha value is -2.57. The summed E-state index contributed by atoms with van der Waals surface area (Å²) in [7, 11) is 25.5. The van der Waals surface area contributed by atoms with E-state index in [9.17, 15) is 0 Å². The van der Waals surface area contributed by atoms with Gasteiger partial charge in [0.15, 0.2) is 17.1 Å². The zero-order valence-corrected chi connectivity index (χ0v) is 19.6. The Bertz CT molecular complexity index is 955. The van der Waals surface area contributed by atoms with Crippen molar-refractivity contribution < 1.29 is 0 Å². The van der Waals surface area contributed by atoms with Crippen LogP contribution in [0.2, 0.25) is 0 Å². The van der Waals surface area contributed by atoms with Gasteiger partial charge in [0.05, 0.1) is 0 Å². The van der Waals surface area contributed by atoms with E-state index in [0.29, 0.717) is 0 Å². The Morgan fingerprint density at radius 2 is 0.607 bits per heavy atom. The third kappa shape index (κ3) is 2.93. The highest BCUT2D eigenvalue weighted by Crippen LogP contribution is 2.50. The molecule has 7 heteroatoms. The molecule has 0 aromatic heterocycles. The molecule has 0 saturated carbocycles. The SMILES string of the molecule is CN(C)c1c(N(c2c(N(C)C)c2=[N+](C)C)c2c(N(C)C)c2=[N+](C)C)c1=[N+](C)C. The predicted molar refractivity (Wildman–Crippen MR) is 123 cm³/mol. The quantitative estimate of drug-likeness (QED) is 0.511. The van der Waals surface area contributed by atoms with Gasteiger partial charge in [-0.3, -0.25) is 4.90 Å². The van der Waals surface area contributed by atoms with Gasteiger partial charge in [0.1, 0.15) is 59.3 Å². The van der Waals surface area contributed by atoms with Crippen molar-refractivity contribution >= 4 is 34.1 Å². The summed E-state index contributed by atoms with van der Waals surface area (Å²) in [6.45, 7) is 0. The molecule has 0 aliphatic rings. The molecule has 152 valence electrons. The number of rotatable bonds is 6. The highest BCUT2D eigenvalue weighted by atomic mass is 15.3. The average molecular weight is 387 g/mol. The van der Waals surface area contributed by atoms with Gasteiger partial charge in [-0.25, -0.2) is 13.7 Å². The van der Waals surface area contributed by atoms with E-state index in [1.165, 1.54) is 50.2 Å². The van der Waals surface area contributed by atoms with Gasteiger partial charge in [-0.2, -0.15) is 0 Å². The summed E-state index contributed by atoms with van der Waals surface area (Å²) < 4.78 is 6.66. The van der Waals surface area contributed by atoms with Crippen LogP contribution in [0.25, 0.3) is 0 Å². The number of hydrogen-bond acceptors (Lipinski definition) is 4. The van der Waals surface area contributed by atoms with E-state index in [-0.39, 0.29) is 0 Å². The fourth-order valence-electron chi connectivity index (χ4n) is 3.99. The monoisotopic (exact) mass is 386 g/mol. The van der Waals surface area contributed by atoms with Gasteiger partial charge in [0.2, 0.25) is 0 Å². The van der Waals surface area contributed by atoms with Crippen LogP contribution in [-0.2, 0) is 0 Å². The van der Waals surface area contributed by atoms with Crippen molar-refractivity contribution in [1.82, 2.24) is 13.7 Å². The second kappa shape index (κ2) is 6.50. The highest BCUT2D eigenvalue weighted by Gasteiger charge is 2.49. The maximum Gasteiger partial charge on any atom is 0.252 e. The minimum atomic E-state index is 1.30. The van der Waals surface area contributed by atoms with Gasteiger partial charge in [-0.15, -0.1) is 0 Å². The zero-order chi connectivity index (χ0) is 21.2. The fraction of sp³-hybridized carbons (Fsp3) is 0.571. The zero-order valence-electron chi connectivity index (χ0n) is 19.6. The standard InChI is InChI=1S/C21H36N7/c1-22(2)13-14(23(3)4)19(13)28(20-15(24(5)6)16(20)25(7)8)21-17(26(9)10)18(21)27(11)12/h1-12H3/q+3. The van der Waals surface area contributed by atoms with Crippen LogP contribution in [0, 0.1) is 0 Å². The summed E-state index contributed by atoms with van der Waals surface area (Å²) >= 11 is 0. The Balaban J connectivity index is 2.33. The van der Waals surface area contributed by atoms with Crippen LogP contribution in [0.5, 0.6) is 0 Å². The average Bonchev–Trinajstić information content (AvgIpc) is 3.43. The van der Waals surface area contributed by atoms with E-state index in [1.807, 2.05) is 0 Å². The first-order valence-electron chi connectivity index (χ1n) is 9.63. The molecule has 0 N–H and O–H groups in total. The summed E-state index contributed by atoms with van der Waals surface area (Å²) in [5.41, 5.74) is 7.80.